The monoisotopic (exact) mass is 271 g/mol. The number of aliphatic hydroxyl groups excluding tert-OH is 1. The predicted molar refractivity (Wildman–Crippen MR) is 71.9 cm³/mol. The normalized spacial score (nSPS) is 13.5. The third-order valence-electron chi connectivity index (χ3n) is 2.78. The minimum atomic E-state index is -3.53. The molecule has 0 amide bonds. The third-order valence-corrected chi connectivity index (χ3v) is 4.32. The summed E-state index contributed by atoms with van der Waals surface area (Å²) in [6.45, 7) is 3.76. The van der Waals surface area contributed by atoms with Crippen molar-refractivity contribution in [2.75, 3.05) is 6.61 Å². The average Bonchev–Trinajstić information content (AvgIpc) is 2.35. The van der Waals surface area contributed by atoms with Crippen LogP contribution in [0.4, 0.5) is 0 Å². The van der Waals surface area contributed by atoms with Crippen molar-refractivity contribution in [2.24, 2.45) is 0 Å². The Morgan fingerprint density at radius 2 is 1.89 bits per heavy atom. The molecular weight excluding hydrogens is 250 g/mol. The average molecular weight is 271 g/mol. The topological polar surface area (TPSA) is 66.4 Å². The number of hydrogen-bond donors (Lipinski definition) is 2. The number of sulfonamides is 1. The number of hydrogen-bond acceptors (Lipinski definition) is 3. The fourth-order valence-electron chi connectivity index (χ4n) is 1.64. The van der Waals surface area contributed by atoms with Crippen LogP contribution in [0.5, 0.6) is 0 Å². The Bertz CT molecular complexity index is 454. The molecule has 1 rings (SSSR count). The molecule has 0 fully saturated rings. The molecule has 18 heavy (non-hydrogen) atoms. The number of aliphatic hydroxyl groups is 1. The Kier molecular flexibility index (Phi) is 5.78. The molecule has 0 saturated heterocycles. The standard InChI is InChI=1S/C13H21NO3S/c1-3-4-5-12(10-15)14-18(16,17)13-8-6-11(2)7-9-13/h6-9,12,14-15H,3-5,10H2,1-2H3/t12-/m0/s1. The fourth-order valence-corrected chi connectivity index (χ4v) is 2.90. The zero-order valence-corrected chi connectivity index (χ0v) is 11.7. The van der Waals surface area contributed by atoms with Crippen molar-refractivity contribution < 1.29 is 13.5 Å². The van der Waals surface area contributed by atoms with Gasteiger partial charge in [-0.3, -0.25) is 0 Å². The zero-order valence-electron chi connectivity index (χ0n) is 10.9. The smallest absolute Gasteiger partial charge is 0.240 e. The van der Waals surface area contributed by atoms with Crippen LogP contribution >= 0.6 is 0 Å². The third kappa shape index (κ3) is 4.40. The number of unbranched alkanes of at least 4 members (excludes halogenated alkanes) is 1. The summed E-state index contributed by atoms with van der Waals surface area (Å²) in [6.07, 6.45) is 2.52. The van der Waals surface area contributed by atoms with Crippen molar-refractivity contribution >= 4 is 10.0 Å². The van der Waals surface area contributed by atoms with E-state index in [1.807, 2.05) is 13.8 Å². The molecule has 0 spiro atoms. The second-order valence-corrected chi connectivity index (χ2v) is 6.17. The summed E-state index contributed by atoms with van der Waals surface area (Å²) in [7, 11) is -3.53. The first-order chi connectivity index (χ1) is 8.49. The van der Waals surface area contributed by atoms with Gasteiger partial charge in [-0.15, -0.1) is 0 Å². The Morgan fingerprint density at radius 3 is 2.39 bits per heavy atom. The first-order valence-corrected chi connectivity index (χ1v) is 7.67. The van der Waals surface area contributed by atoms with Gasteiger partial charge in [0, 0.05) is 6.04 Å². The van der Waals surface area contributed by atoms with Crippen molar-refractivity contribution in [1.29, 1.82) is 0 Å². The molecule has 1 aromatic rings. The van der Waals surface area contributed by atoms with Gasteiger partial charge in [-0.2, -0.15) is 0 Å². The highest BCUT2D eigenvalue weighted by molar-refractivity contribution is 7.89. The molecule has 0 bridgehead atoms. The van der Waals surface area contributed by atoms with Crippen LogP contribution in [0, 0.1) is 6.92 Å². The highest BCUT2D eigenvalue weighted by atomic mass is 32.2. The molecule has 2 N–H and O–H groups in total. The van der Waals surface area contributed by atoms with Crippen LogP contribution in [0.1, 0.15) is 31.7 Å². The summed E-state index contributed by atoms with van der Waals surface area (Å²) in [6, 6.07) is 6.26. The summed E-state index contributed by atoms with van der Waals surface area (Å²) in [5, 5.41) is 9.18. The summed E-state index contributed by atoms with van der Waals surface area (Å²) >= 11 is 0. The van der Waals surface area contributed by atoms with Gasteiger partial charge in [0.25, 0.3) is 0 Å². The van der Waals surface area contributed by atoms with Crippen LogP contribution in [-0.2, 0) is 10.0 Å². The molecule has 0 aliphatic heterocycles. The molecule has 0 aliphatic rings. The van der Waals surface area contributed by atoms with Crippen molar-refractivity contribution in [1.82, 2.24) is 4.72 Å². The van der Waals surface area contributed by atoms with Gasteiger partial charge in [-0.25, -0.2) is 13.1 Å². The van der Waals surface area contributed by atoms with Crippen LogP contribution in [0.3, 0.4) is 0 Å². The zero-order chi connectivity index (χ0) is 13.6. The Labute approximate surface area is 109 Å². The van der Waals surface area contributed by atoms with Gasteiger partial charge in [-0.1, -0.05) is 37.5 Å². The van der Waals surface area contributed by atoms with Crippen LogP contribution in [0.2, 0.25) is 0 Å². The van der Waals surface area contributed by atoms with Crippen LogP contribution in [0.25, 0.3) is 0 Å². The van der Waals surface area contributed by atoms with Gasteiger partial charge < -0.3 is 5.11 Å². The van der Waals surface area contributed by atoms with Gasteiger partial charge in [0.1, 0.15) is 0 Å². The van der Waals surface area contributed by atoms with Gasteiger partial charge in [0.2, 0.25) is 10.0 Å². The first-order valence-electron chi connectivity index (χ1n) is 6.19. The van der Waals surface area contributed by atoms with Gasteiger partial charge in [0.15, 0.2) is 0 Å². The summed E-state index contributed by atoms with van der Waals surface area (Å²) in [4.78, 5) is 0.239. The lowest BCUT2D eigenvalue weighted by Gasteiger charge is -2.16. The summed E-state index contributed by atoms with van der Waals surface area (Å²) in [5.41, 5.74) is 1.01. The van der Waals surface area contributed by atoms with E-state index in [2.05, 4.69) is 4.72 Å². The number of benzene rings is 1. The van der Waals surface area contributed by atoms with Crippen molar-refractivity contribution in [3.63, 3.8) is 0 Å². The highest BCUT2D eigenvalue weighted by Crippen LogP contribution is 2.12. The second-order valence-electron chi connectivity index (χ2n) is 4.46. The molecule has 4 nitrogen and oxygen atoms in total. The lowest BCUT2D eigenvalue weighted by Crippen LogP contribution is -2.37. The minimum absolute atomic E-state index is 0.176. The highest BCUT2D eigenvalue weighted by Gasteiger charge is 2.18. The first kappa shape index (κ1) is 15.1. The summed E-state index contributed by atoms with van der Waals surface area (Å²) < 4.78 is 26.6. The molecule has 0 unspecified atom stereocenters. The minimum Gasteiger partial charge on any atom is -0.395 e. The van der Waals surface area contributed by atoms with E-state index in [9.17, 15) is 13.5 Å². The SMILES string of the molecule is CCCC[C@@H](CO)NS(=O)(=O)c1ccc(C)cc1. The van der Waals surface area contributed by atoms with Crippen molar-refractivity contribution in [2.45, 2.75) is 44.0 Å². The predicted octanol–water partition coefficient (Wildman–Crippen LogP) is 1.82. The maximum atomic E-state index is 12.1. The quantitative estimate of drug-likeness (QED) is 0.795. The van der Waals surface area contributed by atoms with Crippen LogP contribution in [-0.4, -0.2) is 26.2 Å². The van der Waals surface area contributed by atoms with Crippen LogP contribution < -0.4 is 4.72 Å². The number of nitrogens with one attached hydrogen (secondary N) is 1. The molecule has 0 radical (unpaired) electrons. The Morgan fingerprint density at radius 1 is 1.28 bits per heavy atom. The van der Waals surface area contributed by atoms with Crippen molar-refractivity contribution in [3.05, 3.63) is 29.8 Å². The lowest BCUT2D eigenvalue weighted by atomic mass is 10.1. The molecule has 1 aromatic carbocycles. The molecular formula is C13H21NO3S. The molecule has 1 atom stereocenters. The van der Waals surface area contributed by atoms with E-state index < -0.39 is 16.1 Å². The van der Waals surface area contributed by atoms with E-state index in [1.165, 1.54) is 0 Å². The van der Waals surface area contributed by atoms with Gasteiger partial charge >= 0.3 is 0 Å². The van der Waals surface area contributed by atoms with Gasteiger partial charge in [-0.05, 0) is 25.5 Å². The molecule has 102 valence electrons. The van der Waals surface area contributed by atoms with Crippen LogP contribution in [0.15, 0.2) is 29.2 Å². The van der Waals surface area contributed by atoms with E-state index in [1.54, 1.807) is 24.3 Å². The van der Waals surface area contributed by atoms with E-state index in [0.29, 0.717) is 6.42 Å². The van der Waals surface area contributed by atoms with E-state index in [0.717, 1.165) is 18.4 Å². The molecule has 0 aliphatic carbocycles. The maximum absolute atomic E-state index is 12.1. The van der Waals surface area contributed by atoms with Gasteiger partial charge in [0.05, 0.1) is 11.5 Å². The van der Waals surface area contributed by atoms with E-state index in [-0.39, 0.29) is 11.5 Å². The molecule has 0 saturated carbocycles. The summed E-state index contributed by atoms with van der Waals surface area (Å²) in [5.74, 6) is 0. The second kappa shape index (κ2) is 6.87. The Hall–Kier alpha value is -0.910. The number of rotatable bonds is 7. The Balaban J connectivity index is 2.77. The largest absolute Gasteiger partial charge is 0.395 e. The fraction of sp³-hybridized carbons (Fsp3) is 0.538. The molecule has 0 heterocycles. The van der Waals surface area contributed by atoms with E-state index in [4.69, 9.17) is 0 Å². The number of aryl methyl sites for hydroxylation is 1. The maximum Gasteiger partial charge on any atom is 0.240 e. The van der Waals surface area contributed by atoms with E-state index >= 15 is 0 Å². The lowest BCUT2D eigenvalue weighted by molar-refractivity contribution is 0.248. The van der Waals surface area contributed by atoms with Crippen molar-refractivity contribution in [3.8, 4) is 0 Å². The molecule has 0 aromatic heterocycles. The molecule has 5 heteroatoms.